The molecule has 0 aliphatic carbocycles. The monoisotopic (exact) mass is 577 g/mol. The van der Waals surface area contributed by atoms with E-state index in [0.717, 1.165) is 51.5 Å². The molecular weight excluding hydrogens is 538 g/mol. The standard InChI is InChI=1S/C26H40ClN9O4/c27-22-24(29)35-23(28)21(34-22)25(40)36-26(30)32-13-9-7-5-3-1-2-4-6-8-12-31-15-20(39)17-10-11-19(38)18(14-17)33-16-37/h10-11,14,16,20,31,38-39H,1-9,12-13,15H2,(H,33,37)(H4,28,29,35)(H3,30,32,36,40). The molecule has 2 rings (SSSR count). The number of hydrogen-bond acceptors (Lipinski definition) is 10. The summed E-state index contributed by atoms with van der Waals surface area (Å²) in [5, 5.41) is 38.6. The summed E-state index contributed by atoms with van der Waals surface area (Å²) in [6.45, 7) is 1.77. The van der Waals surface area contributed by atoms with Crippen LogP contribution < -0.4 is 32.7 Å². The number of carbonyl (C=O) groups is 2. The van der Waals surface area contributed by atoms with Crippen LogP contribution in [0, 0.1) is 5.41 Å². The summed E-state index contributed by atoms with van der Waals surface area (Å²) in [7, 11) is 0. The molecule has 1 atom stereocenters. The van der Waals surface area contributed by atoms with Crippen molar-refractivity contribution >= 4 is 47.2 Å². The number of unbranched alkanes of at least 4 members (excludes halogenated alkanes) is 8. The minimum absolute atomic E-state index is 0.0439. The quantitative estimate of drug-likeness (QED) is 0.0413. The first kappa shape index (κ1) is 32.5. The zero-order valence-electron chi connectivity index (χ0n) is 22.5. The van der Waals surface area contributed by atoms with Crippen LogP contribution in [-0.4, -0.2) is 58.1 Å². The molecule has 1 unspecified atom stereocenters. The Kier molecular flexibility index (Phi) is 14.5. The summed E-state index contributed by atoms with van der Waals surface area (Å²) in [5.74, 6) is -1.10. The predicted octanol–water partition coefficient (Wildman–Crippen LogP) is 2.66. The number of aliphatic hydroxyl groups is 1. The van der Waals surface area contributed by atoms with Crippen LogP contribution in [0.2, 0.25) is 5.15 Å². The van der Waals surface area contributed by atoms with Gasteiger partial charge < -0.3 is 37.6 Å². The van der Waals surface area contributed by atoms with E-state index < -0.39 is 12.0 Å². The number of aromatic hydroxyl groups is 1. The summed E-state index contributed by atoms with van der Waals surface area (Å²) >= 11 is 5.78. The Morgan fingerprint density at radius 3 is 2.27 bits per heavy atom. The van der Waals surface area contributed by atoms with Gasteiger partial charge in [-0.2, -0.15) is 0 Å². The number of aromatic nitrogens is 2. The summed E-state index contributed by atoms with van der Waals surface area (Å²) in [6, 6.07) is 4.64. The van der Waals surface area contributed by atoms with E-state index in [9.17, 15) is 19.8 Å². The number of benzene rings is 1. The summed E-state index contributed by atoms with van der Waals surface area (Å²) in [5.41, 5.74) is 11.8. The number of guanidine groups is 1. The summed E-state index contributed by atoms with van der Waals surface area (Å²) in [6.07, 6.45) is 9.59. The number of rotatable bonds is 18. The number of carbonyl (C=O) groups excluding carboxylic acids is 2. The van der Waals surface area contributed by atoms with Crippen molar-refractivity contribution in [2.75, 3.05) is 36.4 Å². The van der Waals surface area contributed by atoms with Crippen molar-refractivity contribution < 1.29 is 19.8 Å². The minimum Gasteiger partial charge on any atom is -0.506 e. The molecule has 1 aromatic carbocycles. The Bertz CT molecular complexity index is 1120. The topological polar surface area (TPSA) is 224 Å². The van der Waals surface area contributed by atoms with E-state index in [1.807, 2.05) is 0 Å². The molecule has 2 aromatic rings. The minimum atomic E-state index is -0.726. The lowest BCUT2D eigenvalue weighted by molar-refractivity contribution is -0.105. The van der Waals surface area contributed by atoms with Crippen LogP contribution in [-0.2, 0) is 4.79 Å². The SMILES string of the molecule is N=C(NCCCCCCCCCCCNCC(O)c1ccc(O)c(NC=O)c1)NC(=O)c1nc(Cl)c(N)nc1N. The Labute approximate surface area is 239 Å². The van der Waals surface area contributed by atoms with E-state index in [0.29, 0.717) is 25.1 Å². The highest BCUT2D eigenvalue weighted by atomic mass is 35.5. The molecular formula is C26H40ClN9O4. The van der Waals surface area contributed by atoms with Gasteiger partial charge >= 0.3 is 0 Å². The van der Waals surface area contributed by atoms with E-state index in [2.05, 4.69) is 31.2 Å². The lowest BCUT2D eigenvalue weighted by Crippen LogP contribution is -2.41. The molecule has 2 amide bonds. The Balaban J connectivity index is 1.42. The second-order valence-electron chi connectivity index (χ2n) is 9.33. The van der Waals surface area contributed by atoms with Crippen LogP contribution in [0.15, 0.2) is 18.2 Å². The summed E-state index contributed by atoms with van der Waals surface area (Å²) < 4.78 is 0. The second-order valence-corrected chi connectivity index (χ2v) is 9.69. The molecule has 14 heteroatoms. The van der Waals surface area contributed by atoms with Gasteiger partial charge in [-0.15, -0.1) is 0 Å². The van der Waals surface area contributed by atoms with Crippen molar-refractivity contribution in [2.45, 2.75) is 63.9 Å². The van der Waals surface area contributed by atoms with Crippen LogP contribution in [0.1, 0.15) is 79.9 Å². The highest BCUT2D eigenvalue weighted by Crippen LogP contribution is 2.26. The van der Waals surface area contributed by atoms with E-state index in [4.69, 9.17) is 28.5 Å². The van der Waals surface area contributed by atoms with Gasteiger partial charge in [0.05, 0.1) is 11.8 Å². The van der Waals surface area contributed by atoms with E-state index in [-0.39, 0.29) is 39.9 Å². The number of anilines is 3. The number of nitrogens with one attached hydrogen (secondary N) is 5. The fourth-order valence-electron chi connectivity index (χ4n) is 3.95. The fraction of sp³-hybridized carbons (Fsp3) is 0.500. The predicted molar refractivity (Wildman–Crippen MR) is 156 cm³/mol. The highest BCUT2D eigenvalue weighted by molar-refractivity contribution is 6.31. The Morgan fingerprint density at radius 2 is 1.62 bits per heavy atom. The third-order valence-corrected chi connectivity index (χ3v) is 6.43. The van der Waals surface area contributed by atoms with E-state index >= 15 is 0 Å². The molecule has 0 bridgehead atoms. The number of hydrogen-bond donors (Lipinski definition) is 9. The molecule has 40 heavy (non-hydrogen) atoms. The molecule has 0 radical (unpaired) electrons. The van der Waals surface area contributed by atoms with Gasteiger partial charge in [0.15, 0.2) is 28.4 Å². The van der Waals surface area contributed by atoms with Crippen LogP contribution in [0.5, 0.6) is 5.75 Å². The van der Waals surface area contributed by atoms with Crippen molar-refractivity contribution in [3.8, 4) is 5.75 Å². The number of nitrogens with zero attached hydrogens (tertiary/aromatic N) is 2. The highest BCUT2D eigenvalue weighted by Gasteiger charge is 2.17. The first-order valence-electron chi connectivity index (χ1n) is 13.4. The van der Waals surface area contributed by atoms with Gasteiger partial charge in [0.2, 0.25) is 6.41 Å². The maximum Gasteiger partial charge on any atom is 0.280 e. The fourth-order valence-corrected chi connectivity index (χ4v) is 4.07. The molecule has 0 aliphatic rings. The average Bonchev–Trinajstić information content (AvgIpc) is 2.92. The normalized spacial score (nSPS) is 11.6. The molecule has 0 spiro atoms. The molecule has 0 fully saturated rings. The van der Waals surface area contributed by atoms with Gasteiger partial charge in [0.25, 0.3) is 5.91 Å². The van der Waals surface area contributed by atoms with Crippen molar-refractivity contribution in [2.24, 2.45) is 0 Å². The molecule has 220 valence electrons. The molecule has 1 aromatic heterocycles. The third-order valence-electron chi connectivity index (χ3n) is 6.15. The number of halogens is 1. The number of aliphatic hydroxyl groups excluding tert-OH is 1. The molecule has 13 nitrogen and oxygen atoms in total. The average molecular weight is 578 g/mol. The van der Waals surface area contributed by atoms with Crippen molar-refractivity contribution in [1.82, 2.24) is 25.9 Å². The van der Waals surface area contributed by atoms with Crippen LogP contribution in [0.4, 0.5) is 17.3 Å². The zero-order valence-corrected chi connectivity index (χ0v) is 23.3. The first-order valence-corrected chi connectivity index (χ1v) is 13.7. The maximum absolute atomic E-state index is 12.2. The number of nitrogens with two attached hydrogens (primary N) is 2. The van der Waals surface area contributed by atoms with Crippen LogP contribution >= 0.6 is 11.6 Å². The number of amides is 2. The van der Waals surface area contributed by atoms with Crippen LogP contribution in [0.3, 0.4) is 0 Å². The molecule has 0 saturated carbocycles. The second kappa shape index (κ2) is 17.8. The smallest absolute Gasteiger partial charge is 0.280 e. The third kappa shape index (κ3) is 11.6. The van der Waals surface area contributed by atoms with Crippen molar-refractivity contribution in [3.63, 3.8) is 0 Å². The van der Waals surface area contributed by atoms with E-state index in [1.54, 1.807) is 12.1 Å². The number of phenolic OH excluding ortho intramolecular Hbond substituents is 1. The lowest BCUT2D eigenvalue weighted by atomic mass is 10.1. The van der Waals surface area contributed by atoms with Gasteiger partial charge in [-0.1, -0.05) is 62.6 Å². The van der Waals surface area contributed by atoms with Crippen molar-refractivity contribution in [1.29, 1.82) is 5.41 Å². The van der Waals surface area contributed by atoms with Gasteiger partial charge in [-0.05, 0) is 37.1 Å². The van der Waals surface area contributed by atoms with Gasteiger partial charge in [0, 0.05) is 13.1 Å². The first-order chi connectivity index (χ1) is 19.2. The lowest BCUT2D eigenvalue weighted by Gasteiger charge is -2.14. The van der Waals surface area contributed by atoms with Crippen molar-refractivity contribution in [3.05, 3.63) is 34.6 Å². The maximum atomic E-state index is 12.2. The zero-order chi connectivity index (χ0) is 29.3. The van der Waals surface area contributed by atoms with Gasteiger partial charge in [-0.3, -0.25) is 20.3 Å². The van der Waals surface area contributed by atoms with E-state index in [1.165, 1.54) is 18.9 Å². The Morgan fingerprint density at radius 1 is 1.00 bits per heavy atom. The van der Waals surface area contributed by atoms with Gasteiger partial charge in [-0.25, -0.2) is 9.97 Å². The van der Waals surface area contributed by atoms with Crippen LogP contribution in [0.25, 0.3) is 0 Å². The number of nitrogen functional groups attached to an aromatic ring is 2. The molecule has 1 heterocycles. The summed E-state index contributed by atoms with van der Waals surface area (Å²) in [4.78, 5) is 30.3. The molecule has 11 N–H and O–H groups in total. The molecule has 0 aliphatic heterocycles. The number of phenols is 1. The molecule has 0 saturated heterocycles. The Hall–Kier alpha value is -3.68. The largest absolute Gasteiger partial charge is 0.506 e. The van der Waals surface area contributed by atoms with Gasteiger partial charge in [0.1, 0.15) is 5.75 Å².